The number of carbonyl (C=O) groups is 3. The largest absolute Gasteiger partial charge is 0.480 e. The lowest BCUT2D eigenvalue weighted by Crippen LogP contribution is -2.43. The summed E-state index contributed by atoms with van der Waals surface area (Å²) < 4.78 is 35.2. The summed E-state index contributed by atoms with van der Waals surface area (Å²) >= 11 is 0. The average molecular weight is 697 g/mol. The van der Waals surface area contributed by atoms with Crippen LogP contribution in [0, 0.1) is 11.6 Å². The van der Waals surface area contributed by atoms with E-state index in [1.807, 2.05) is 43.3 Å². The van der Waals surface area contributed by atoms with Gasteiger partial charge < -0.3 is 20.7 Å². The minimum atomic E-state index is -1.03. The SMILES string of the molecule is CN(C)c1ccc(N=Nc2ccc(C(=O)CCc3cc(F)c(OCC(=O)[C@H](CCCCN)NC(=O)c4cccc(N=[N+]=[N-])c4)c(F)c3)cc2)cc1. The van der Waals surface area contributed by atoms with Crippen molar-refractivity contribution in [1.82, 2.24) is 5.32 Å². The molecule has 0 bridgehead atoms. The van der Waals surface area contributed by atoms with Gasteiger partial charge in [-0.05, 0) is 116 Å². The molecule has 4 aromatic carbocycles. The highest BCUT2D eigenvalue weighted by molar-refractivity contribution is 5.99. The molecule has 0 radical (unpaired) electrons. The molecule has 0 aliphatic heterocycles. The van der Waals surface area contributed by atoms with Crippen molar-refractivity contribution in [2.75, 3.05) is 32.1 Å². The van der Waals surface area contributed by atoms with Crippen LogP contribution in [-0.4, -0.2) is 50.8 Å². The van der Waals surface area contributed by atoms with Crippen LogP contribution in [0.5, 0.6) is 5.75 Å². The Morgan fingerprint density at radius 3 is 2.14 bits per heavy atom. The lowest BCUT2D eigenvalue weighted by molar-refractivity contribution is -0.123. The molecule has 1 amide bonds. The van der Waals surface area contributed by atoms with Crippen molar-refractivity contribution in [2.24, 2.45) is 21.1 Å². The Balaban J connectivity index is 1.32. The molecular formula is C37H38F2N8O4. The number of anilines is 1. The lowest BCUT2D eigenvalue weighted by Gasteiger charge is -2.18. The van der Waals surface area contributed by atoms with E-state index in [2.05, 4.69) is 25.6 Å². The third-order valence-corrected chi connectivity index (χ3v) is 7.80. The number of benzene rings is 4. The summed E-state index contributed by atoms with van der Waals surface area (Å²) in [5, 5.41) is 14.5. The molecule has 12 nitrogen and oxygen atoms in total. The van der Waals surface area contributed by atoms with Crippen molar-refractivity contribution < 1.29 is 27.9 Å². The Hall–Kier alpha value is -5.98. The van der Waals surface area contributed by atoms with Gasteiger partial charge in [0.1, 0.15) is 6.61 Å². The standard InChI is InChI=1S/C37H38F2N8O4/c1-47(2)30-16-14-28(15-17-30)44-43-27-12-10-25(11-13-27)34(48)18-9-24-20-31(38)36(32(39)21-24)51-23-35(49)33(8-3-4-19-40)42-37(50)26-6-5-7-29(22-26)45-46-41/h5-7,10-17,20-22,33H,3-4,8-9,18-19,23,40H2,1-2H3,(H,42,50)/t33-/m0/s1. The number of ketones is 2. The van der Waals surface area contributed by atoms with Crippen molar-refractivity contribution in [2.45, 2.75) is 38.1 Å². The van der Waals surface area contributed by atoms with Gasteiger partial charge in [0.2, 0.25) is 0 Å². The molecule has 3 N–H and O–H groups in total. The van der Waals surface area contributed by atoms with Crippen LogP contribution in [0.3, 0.4) is 0 Å². The molecule has 0 aliphatic rings. The number of azo groups is 1. The van der Waals surface area contributed by atoms with Gasteiger partial charge in [-0.3, -0.25) is 14.4 Å². The number of azide groups is 1. The second-order valence-electron chi connectivity index (χ2n) is 11.8. The molecule has 0 aliphatic carbocycles. The van der Waals surface area contributed by atoms with Crippen molar-refractivity contribution in [3.8, 4) is 5.75 Å². The van der Waals surface area contributed by atoms with Crippen LogP contribution in [0.4, 0.5) is 31.5 Å². The topological polar surface area (TPSA) is 175 Å². The summed E-state index contributed by atoms with van der Waals surface area (Å²) in [5.41, 5.74) is 17.5. The molecular weight excluding hydrogens is 658 g/mol. The predicted octanol–water partition coefficient (Wildman–Crippen LogP) is 8.08. The summed E-state index contributed by atoms with van der Waals surface area (Å²) in [7, 11) is 3.89. The van der Waals surface area contributed by atoms with E-state index in [0.29, 0.717) is 36.3 Å². The minimum absolute atomic E-state index is 0.00734. The Kier molecular flexibility index (Phi) is 13.9. The zero-order valence-electron chi connectivity index (χ0n) is 28.3. The first-order chi connectivity index (χ1) is 24.6. The molecule has 1 atom stereocenters. The highest BCUT2D eigenvalue weighted by Gasteiger charge is 2.23. The van der Waals surface area contributed by atoms with E-state index in [-0.39, 0.29) is 41.9 Å². The van der Waals surface area contributed by atoms with Gasteiger partial charge >= 0.3 is 0 Å². The number of unbranched alkanes of at least 4 members (excludes halogenated alkanes) is 1. The number of hydrogen-bond donors (Lipinski definition) is 2. The Bertz CT molecular complexity index is 1890. The normalized spacial score (nSPS) is 11.5. The van der Waals surface area contributed by atoms with Gasteiger partial charge in [0, 0.05) is 47.9 Å². The maximum atomic E-state index is 15.0. The number of aryl methyl sites for hydroxylation is 1. The number of hydrogen-bond acceptors (Lipinski definition) is 9. The molecule has 0 fully saturated rings. The third-order valence-electron chi connectivity index (χ3n) is 7.80. The van der Waals surface area contributed by atoms with Gasteiger partial charge in [-0.2, -0.15) is 10.2 Å². The molecule has 0 heterocycles. The molecule has 0 unspecified atom stereocenters. The van der Waals surface area contributed by atoms with E-state index in [0.717, 1.165) is 17.8 Å². The van der Waals surface area contributed by atoms with Crippen LogP contribution in [0.25, 0.3) is 10.4 Å². The Morgan fingerprint density at radius 1 is 0.882 bits per heavy atom. The Labute approximate surface area is 294 Å². The van der Waals surface area contributed by atoms with Crippen LogP contribution in [0.1, 0.15) is 52.0 Å². The van der Waals surface area contributed by atoms with Gasteiger partial charge in [0.25, 0.3) is 5.91 Å². The highest BCUT2D eigenvalue weighted by Crippen LogP contribution is 2.26. The number of nitrogens with one attached hydrogen (secondary N) is 1. The fourth-order valence-corrected chi connectivity index (χ4v) is 5.00. The van der Waals surface area contributed by atoms with Gasteiger partial charge in [-0.15, -0.1) is 0 Å². The molecule has 51 heavy (non-hydrogen) atoms. The quantitative estimate of drug-likeness (QED) is 0.0349. The number of carbonyl (C=O) groups excluding carboxylic acids is 3. The monoisotopic (exact) mass is 696 g/mol. The first-order valence-electron chi connectivity index (χ1n) is 16.2. The summed E-state index contributed by atoms with van der Waals surface area (Å²) in [6.07, 6.45) is 1.37. The smallest absolute Gasteiger partial charge is 0.251 e. The van der Waals surface area contributed by atoms with Crippen LogP contribution in [-0.2, 0) is 11.2 Å². The zero-order chi connectivity index (χ0) is 36.8. The van der Waals surface area contributed by atoms with E-state index >= 15 is 0 Å². The second kappa shape index (κ2) is 18.7. The van der Waals surface area contributed by atoms with E-state index in [9.17, 15) is 23.2 Å². The lowest BCUT2D eigenvalue weighted by atomic mass is 10.0. The first-order valence-corrected chi connectivity index (χ1v) is 16.2. The van der Waals surface area contributed by atoms with Gasteiger partial charge in [0.05, 0.1) is 17.4 Å². The van der Waals surface area contributed by atoms with Crippen molar-refractivity contribution in [3.63, 3.8) is 0 Å². The van der Waals surface area contributed by atoms with Crippen molar-refractivity contribution in [3.05, 3.63) is 124 Å². The summed E-state index contributed by atoms with van der Waals surface area (Å²) in [4.78, 5) is 43.4. The second-order valence-corrected chi connectivity index (χ2v) is 11.8. The molecule has 0 spiro atoms. The van der Waals surface area contributed by atoms with E-state index in [1.54, 1.807) is 24.3 Å². The summed E-state index contributed by atoms with van der Waals surface area (Å²) in [6.45, 7) is -0.336. The van der Waals surface area contributed by atoms with Crippen molar-refractivity contribution in [1.29, 1.82) is 0 Å². The number of nitrogens with two attached hydrogens (primary N) is 1. The molecule has 264 valence electrons. The Morgan fingerprint density at radius 2 is 1.53 bits per heavy atom. The number of nitrogens with zero attached hydrogens (tertiary/aromatic N) is 6. The number of rotatable bonds is 18. The number of Topliss-reactive ketones (excluding diaryl/α,β-unsaturated/α-hetero) is 2. The average Bonchev–Trinajstić information content (AvgIpc) is 3.12. The highest BCUT2D eigenvalue weighted by atomic mass is 19.1. The maximum Gasteiger partial charge on any atom is 0.251 e. The molecule has 4 aromatic rings. The fraction of sp³-hybridized carbons (Fsp3) is 0.270. The van der Waals surface area contributed by atoms with Crippen LogP contribution < -0.4 is 20.7 Å². The minimum Gasteiger partial charge on any atom is -0.480 e. The number of ether oxygens (including phenoxy) is 1. The fourth-order valence-electron chi connectivity index (χ4n) is 5.00. The van der Waals surface area contributed by atoms with Crippen LogP contribution in [0.15, 0.2) is 100 Å². The molecule has 0 aromatic heterocycles. The van der Waals surface area contributed by atoms with Crippen molar-refractivity contribution >= 4 is 40.2 Å². The van der Waals surface area contributed by atoms with E-state index in [4.69, 9.17) is 16.0 Å². The molecule has 0 saturated heterocycles. The number of amides is 1. The first kappa shape index (κ1) is 37.8. The van der Waals surface area contributed by atoms with E-state index in [1.165, 1.54) is 24.3 Å². The summed E-state index contributed by atoms with van der Waals surface area (Å²) in [5.74, 6) is -4.24. The maximum absolute atomic E-state index is 15.0. The molecule has 0 saturated carbocycles. The van der Waals surface area contributed by atoms with E-state index < -0.39 is 41.7 Å². The molecule has 4 rings (SSSR count). The number of halogens is 2. The zero-order valence-corrected chi connectivity index (χ0v) is 28.3. The van der Waals surface area contributed by atoms with Crippen LogP contribution >= 0.6 is 0 Å². The predicted molar refractivity (Wildman–Crippen MR) is 190 cm³/mol. The van der Waals surface area contributed by atoms with Crippen LogP contribution in [0.2, 0.25) is 0 Å². The molecule has 14 heteroatoms. The summed E-state index contributed by atoms with van der Waals surface area (Å²) in [6, 6.07) is 21.1. The van der Waals surface area contributed by atoms with Gasteiger partial charge in [-0.25, -0.2) is 8.78 Å². The third kappa shape index (κ3) is 11.3. The van der Waals surface area contributed by atoms with Gasteiger partial charge in [0.15, 0.2) is 29.0 Å². The van der Waals surface area contributed by atoms with Gasteiger partial charge in [-0.1, -0.05) is 17.2 Å².